The van der Waals surface area contributed by atoms with Crippen LogP contribution >= 0.6 is 0 Å². The van der Waals surface area contributed by atoms with E-state index in [-0.39, 0.29) is 0 Å². The summed E-state index contributed by atoms with van der Waals surface area (Å²) in [5.74, 6) is 0.342. The lowest BCUT2D eigenvalue weighted by Gasteiger charge is -2.10. The summed E-state index contributed by atoms with van der Waals surface area (Å²) in [7, 11) is 1.62. The molecule has 0 aliphatic rings. The van der Waals surface area contributed by atoms with Crippen molar-refractivity contribution in [2.45, 2.75) is 13.0 Å². The van der Waals surface area contributed by atoms with Crippen LogP contribution in [0.15, 0.2) is 88.3 Å². The van der Waals surface area contributed by atoms with Crippen molar-refractivity contribution in [3.8, 4) is 17.1 Å². The van der Waals surface area contributed by atoms with Gasteiger partial charge in [0.15, 0.2) is 6.04 Å². The number of carboxylic acids is 1. The van der Waals surface area contributed by atoms with Gasteiger partial charge in [-0.3, -0.25) is 4.99 Å². The van der Waals surface area contributed by atoms with Crippen LogP contribution in [0.2, 0.25) is 0 Å². The topological polar surface area (TPSA) is 72.0 Å². The fourth-order valence-corrected chi connectivity index (χ4v) is 3.33. The third kappa shape index (κ3) is 3.96. The van der Waals surface area contributed by atoms with E-state index in [1.807, 2.05) is 67.6 Å². The van der Waals surface area contributed by atoms with E-state index in [1.165, 1.54) is 0 Å². The van der Waals surface area contributed by atoms with Gasteiger partial charge in [-0.2, -0.15) is 0 Å². The predicted octanol–water partition coefficient (Wildman–Crippen LogP) is 5.14. The summed E-state index contributed by atoms with van der Waals surface area (Å²) in [4.78, 5) is 16.6. The molecule has 0 spiro atoms. The smallest absolute Gasteiger partial charge is 0.333 e. The van der Waals surface area contributed by atoms with Gasteiger partial charge in [0.25, 0.3) is 0 Å². The van der Waals surface area contributed by atoms with Crippen LogP contribution in [0.1, 0.15) is 17.2 Å². The lowest BCUT2D eigenvalue weighted by molar-refractivity contribution is -0.138. The van der Waals surface area contributed by atoms with Crippen LogP contribution < -0.4 is 10.1 Å². The zero-order chi connectivity index (χ0) is 21.1. The van der Waals surface area contributed by atoms with Crippen LogP contribution in [0.25, 0.3) is 22.3 Å². The van der Waals surface area contributed by atoms with Crippen LogP contribution in [0, 0.1) is 6.92 Å². The van der Waals surface area contributed by atoms with E-state index < -0.39 is 12.0 Å². The van der Waals surface area contributed by atoms with Gasteiger partial charge in [0.1, 0.15) is 17.1 Å². The van der Waals surface area contributed by atoms with Crippen molar-refractivity contribution in [2.24, 2.45) is 4.99 Å². The fourth-order valence-electron chi connectivity index (χ4n) is 3.33. The van der Waals surface area contributed by atoms with E-state index in [0.29, 0.717) is 22.3 Å². The molecule has 30 heavy (non-hydrogen) atoms. The van der Waals surface area contributed by atoms with Gasteiger partial charge in [-0.25, -0.2) is 4.79 Å². The number of ether oxygens (including phenoxy) is 1. The lowest BCUT2D eigenvalue weighted by Crippen LogP contribution is -2.15. The Morgan fingerprint density at radius 1 is 1.00 bits per heavy atom. The molecule has 0 aliphatic heterocycles. The van der Waals surface area contributed by atoms with Gasteiger partial charge in [-0.1, -0.05) is 42.0 Å². The molecule has 5 heteroatoms. The van der Waals surface area contributed by atoms with Gasteiger partial charge in [0, 0.05) is 17.0 Å². The summed E-state index contributed by atoms with van der Waals surface area (Å²) in [6, 6.07) is 23.1. The second-order valence-corrected chi connectivity index (χ2v) is 7.00. The van der Waals surface area contributed by atoms with Crippen molar-refractivity contribution in [1.29, 1.82) is 0 Å². The Kier molecular flexibility index (Phi) is 5.35. The van der Waals surface area contributed by atoms with Gasteiger partial charge in [-0.05, 0) is 48.9 Å². The van der Waals surface area contributed by atoms with Crippen LogP contribution in [0.4, 0.5) is 0 Å². The predicted molar refractivity (Wildman–Crippen MR) is 115 cm³/mol. The van der Waals surface area contributed by atoms with Crippen LogP contribution in [0.3, 0.4) is 0 Å². The first-order valence-corrected chi connectivity index (χ1v) is 9.55. The molecule has 1 heterocycles. The summed E-state index contributed by atoms with van der Waals surface area (Å²) in [5.41, 5.74) is 3.15. The summed E-state index contributed by atoms with van der Waals surface area (Å²) in [5, 5.41) is 11.2. The molecule has 0 radical (unpaired) electrons. The number of hydrogen-bond acceptors (Lipinski definition) is 4. The quantitative estimate of drug-likeness (QED) is 0.504. The number of hydrogen-bond donors (Lipinski definition) is 1. The lowest BCUT2D eigenvalue weighted by atomic mass is 10.1. The van der Waals surface area contributed by atoms with E-state index in [9.17, 15) is 9.90 Å². The van der Waals surface area contributed by atoms with E-state index in [4.69, 9.17) is 9.15 Å². The first kappa shape index (κ1) is 19.5. The monoisotopic (exact) mass is 399 g/mol. The van der Waals surface area contributed by atoms with Crippen LogP contribution in [0.5, 0.6) is 5.75 Å². The van der Waals surface area contributed by atoms with E-state index >= 15 is 0 Å². The zero-order valence-corrected chi connectivity index (χ0v) is 16.7. The molecule has 0 fully saturated rings. The molecule has 4 aromatic rings. The van der Waals surface area contributed by atoms with Gasteiger partial charge >= 0.3 is 5.97 Å². The molecule has 150 valence electrons. The van der Waals surface area contributed by atoms with Gasteiger partial charge in [0.2, 0.25) is 0 Å². The molecule has 1 aromatic heterocycles. The Hall–Kier alpha value is -3.86. The standard InChI is InChI=1S/C25H21NO4/c1-16-8-13-22-20(14-16)21(26-24(25(27)28)18-6-4-3-5-7-18)15-23(30-22)17-9-11-19(29-2)12-10-17/h3-15,24H,1-2H3,(H,27,28)/t24-/m0/s1. The molecule has 1 atom stereocenters. The van der Waals surface area contributed by atoms with Crippen LogP contribution in [-0.2, 0) is 4.79 Å². The number of carboxylic acid groups (broad SMARTS) is 1. The number of nitrogens with zero attached hydrogens (tertiary/aromatic N) is 1. The molecule has 4 rings (SSSR count). The molecule has 0 saturated carbocycles. The van der Waals surface area contributed by atoms with E-state index in [0.717, 1.165) is 22.3 Å². The Morgan fingerprint density at radius 3 is 2.40 bits per heavy atom. The number of fused-ring (bicyclic) bond motifs is 1. The average molecular weight is 399 g/mol. The second-order valence-electron chi connectivity index (χ2n) is 7.00. The van der Waals surface area contributed by atoms with Crippen molar-refractivity contribution in [3.05, 3.63) is 95.3 Å². The number of aryl methyl sites for hydroxylation is 1. The molecule has 0 saturated heterocycles. The molecular formula is C25H21NO4. The highest BCUT2D eigenvalue weighted by molar-refractivity contribution is 5.80. The highest BCUT2D eigenvalue weighted by atomic mass is 16.5. The number of methoxy groups -OCH3 is 1. The Balaban J connectivity index is 1.95. The largest absolute Gasteiger partial charge is 0.497 e. The van der Waals surface area contributed by atoms with Gasteiger partial charge < -0.3 is 14.3 Å². The highest BCUT2D eigenvalue weighted by Gasteiger charge is 2.18. The Morgan fingerprint density at radius 2 is 1.73 bits per heavy atom. The Labute approximate surface area is 173 Å². The van der Waals surface area contributed by atoms with E-state index in [2.05, 4.69) is 4.99 Å². The SMILES string of the molecule is COc1ccc(-c2cc(=N[C@H](C(=O)O)c3ccccc3)c3cc(C)ccc3o2)cc1. The summed E-state index contributed by atoms with van der Waals surface area (Å²) < 4.78 is 11.3. The maximum absolute atomic E-state index is 12.0. The maximum Gasteiger partial charge on any atom is 0.333 e. The summed E-state index contributed by atoms with van der Waals surface area (Å²) >= 11 is 0. The molecule has 1 N–H and O–H groups in total. The molecule has 5 nitrogen and oxygen atoms in total. The minimum Gasteiger partial charge on any atom is -0.497 e. The van der Waals surface area contributed by atoms with Crippen molar-refractivity contribution in [1.82, 2.24) is 0 Å². The minimum absolute atomic E-state index is 0.571. The summed E-state index contributed by atoms with van der Waals surface area (Å²) in [6.07, 6.45) is 0. The highest BCUT2D eigenvalue weighted by Crippen LogP contribution is 2.25. The van der Waals surface area contributed by atoms with Gasteiger partial charge in [-0.15, -0.1) is 0 Å². The number of benzene rings is 3. The van der Waals surface area contributed by atoms with Crippen molar-refractivity contribution < 1.29 is 19.1 Å². The Bertz CT molecular complexity index is 1260. The molecule has 0 amide bonds. The minimum atomic E-state index is -1.01. The number of aliphatic carboxylic acids is 1. The molecule has 0 bridgehead atoms. The number of carbonyl (C=O) groups is 1. The molecule has 3 aromatic carbocycles. The van der Waals surface area contributed by atoms with Crippen molar-refractivity contribution in [3.63, 3.8) is 0 Å². The average Bonchev–Trinajstić information content (AvgIpc) is 2.77. The summed E-state index contributed by atoms with van der Waals surface area (Å²) in [6.45, 7) is 1.98. The second kappa shape index (κ2) is 8.25. The number of rotatable bonds is 5. The molecule has 0 unspecified atom stereocenters. The van der Waals surface area contributed by atoms with Crippen molar-refractivity contribution in [2.75, 3.05) is 7.11 Å². The first-order chi connectivity index (χ1) is 14.5. The first-order valence-electron chi connectivity index (χ1n) is 9.55. The molecule has 0 aliphatic carbocycles. The zero-order valence-electron chi connectivity index (χ0n) is 16.7. The third-order valence-corrected chi connectivity index (χ3v) is 4.89. The third-order valence-electron chi connectivity index (χ3n) is 4.89. The molecular weight excluding hydrogens is 378 g/mol. The van der Waals surface area contributed by atoms with E-state index in [1.54, 1.807) is 25.3 Å². The normalized spacial score (nSPS) is 12.7. The van der Waals surface area contributed by atoms with Crippen molar-refractivity contribution >= 4 is 16.9 Å². The fraction of sp³-hybridized carbons (Fsp3) is 0.120. The maximum atomic E-state index is 12.0. The van der Waals surface area contributed by atoms with Gasteiger partial charge in [0.05, 0.1) is 12.5 Å². The van der Waals surface area contributed by atoms with Crippen LogP contribution in [-0.4, -0.2) is 18.2 Å².